The number of hydrogen-bond donors (Lipinski definition) is 0. The van der Waals surface area contributed by atoms with Gasteiger partial charge in [-0.05, 0) is 37.0 Å². The molecule has 5 rings (SSSR count). The molecule has 5 unspecified atom stereocenters. The molecular weight excluding hydrogens is 506 g/mol. The van der Waals surface area contributed by atoms with Gasteiger partial charge in [-0.15, -0.1) is 0 Å². The van der Waals surface area contributed by atoms with E-state index in [9.17, 15) is 22.8 Å². The van der Waals surface area contributed by atoms with Crippen LogP contribution in [-0.2, 0) is 41.0 Å². The molecule has 194 valence electrons. The van der Waals surface area contributed by atoms with E-state index < -0.39 is 39.6 Å². The molecule has 4 aliphatic rings. The Hall–Kier alpha value is -2.37. The summed E-state index contributed by atoms with van der Waals surface area (Å²) in [4.78, 5) is 34.9. The number of esters is 2. The maximum atomic E-state index is 13.4. The number of piperidine rings is 1. The molecule has 0 aromatic heterocycles. The van der Waals surface area contributed by atoms with Crippen molar-refractivity contribution >= 4 is 38.8 Å². The lowest BCUT2D eigenvalue weighted by Crippen LogP contribution is -2.66. The maximum Gasteiger partial charge on any atom is 0.308 e. The summed E-state index contributed by atoms with van der Waals surface area (Å²) in [5.74, 6) is 0.154. The molecule has 1 fully saturated rings. The van der Waals surface area contributed by atoms with Crippen LogP contribution in [0, 0.1) is 5.92 Å². The zero-order valence-electron chi connectivity index (χ0n) is 20.4. The van der Waals surface area contributed by atoms with Gasteiger partial charge in [-0.25, -0.2) is 8.42 Å². The van der Waals surface area contributed by atoms with Crippen LogP contribution in [0.4, 0.5) is 0 Å². The van der Waals surface area contributed by atoms with Gasteiger partial charge in [-0.1, -0.05) is 23.9 Å². The highest BCUT2D eigenvalue weighted by Gasteiger charge is 2.66. The van der Waals surface area contributed by atoms with Crippen LogP contribution in [0.15, 0.2) is 24.3 Å². The molecule has 11 heteroatoms. The van der Waals surface area contributed by atoms with Crippen molar-refractivity contribution in [1.82, 2.24) is 4.31 Å². The standard InChI is InChI=1S/C25H29NO8S2/c1-14(27)32-20-7-5-17-13-19-18-6-8-21(33-15(2)28)24-25(18,22(17)23(20)34-24)9-10-26(19)36(30,31)12-4-11-35-16(3)29/h5-8,18-19,21,24H,4,9-13H2,1-3H3. The second-order valence-corrected chi connectivity index (χ2v) is 13.0. The zero-order valence-corrected chi connectivity index (χ0v) is 22.0. The monoisotopic (exact) mass is 535 g/mol. The normalized spacial score (nSPS) is 29.8. The van der Waals surface area contributed by atoms with Gasteiger partial charge in [0.2, 0.25) is 10.0 Å². The van der Waals surface area contributed by atoms with E-state index in [1.54, 1.807) is 16.4 Å². The van der Waals surface area contributed by atoms with E-state index >= 15 is 0 Å². The molecule has 36 heavy (non-hydrogen) atoms. The van der Waals surface area contributed by atoms with Crippen molar-refractivity contribution < 1.29 is 37.0 Å². The number of benzene rings is 1. The topological polar surface area (TPSA) is 116 Å². The number of ether oxygens (including phenoxy) is 3. The molecule has 2 aliphatic carbocycles. The zero-order chi connectivity index (χ0) is 25.8. The van der Waals surface area contributed by atoms with Crippen molar-refractivity contribution in [3.05, 3.63) is 35.4 Å². The van der Waals surface area contributed by atoms with E-state index in [-0.39, 0.29) is 22.8 Å². The summed E-state index contributed by atoms with van der Waals surface area (Å²) in [6.45, 7) is 4.45. The molecule has 1 aromatic carbocycles. The summed E-state index contributed by atoms with van der Waals surface area (Å²) in [5, 5.41) is -0.0259. The van der Waals surface area contributed by atoms with E-state index in [2.05, 4.69) is 0 Å². The van der Waals surface area contributed by atoms with Crippen molar-refractivity contribution in [3.63, 3.8) is 0 Å². The molecule has 9 nitrogen and oxygen atoms in total. The lowest BCUT2D eigenvalue weighted by atomic mass is 9.53. The van der Waals surface area contributed by atoms with E-state index in [4.69, 9.17) is 14.2 Å². The average molecular weight is 536 g/mol. The smallest absolute Gasteiger partial charge is 0.308 e. The molecule has 1 spiro atoms. The van der Waals surface area contributed by atoms with Crippen LogP contribution in [0.2, 0.25) is 0 Å². The van der Waals surface area contributed by atoms with Crippen molar-refractivity contribution in [3.8, 4) is 11.5 Å². The quantitative estimate of drug-likeness (QED) is 0.224. The van der Waals surface area contributed by atoms with Gasteiger partial charge in [0.25, 0.3) is 0 Å². The van der Waals surface area contributed by atoms with Crippen LogP contribution in [0.25, 0.3) is 0 Å². The fraction of sp³-hybridized carbons (Fsp3) is 0.560. The van der Waals surface area contributed by atoms with Gasteiger partial charge in [0, 0.05) is 56.0 Å². The third-order valence-corrected chi connectivity index (χ3v) is 10.4. The Kier molecular flexibility index (Phi) is 6.45. The summed E-state index contributed by atoms with van der Waals surface area (Å²) < 4.78 is 46.0. The molecule has 2 aliphatic heterocycles. The first-order valence-corrected chi connectivity index (χ1v) is 14.6. The molecule has 1 aromatic rings. The third-order valence-electron chi connectivity index (χ3n) is 7.55. The second-order valence-electron chi connectivity index (χ2n) is 9.73. The van der Waals surface area contributed by atoms with E-state index in [1.165, 1.54) is 20.8 Å². The highest BCUT2D eigenvalue weighted by molar-refractivity contribution is 8.13. The molecule has 1 saturated heterocycles. The van der Waals surface area contributed by atoms with Crippen molar-refractivity contribution in [2.75, 3.05) is 18.1 Å². The number of carbonyl (C=O) groups is 3. The summed E-state index contributed by atoms with van der Waals surface area (Å²) in [6, 6.07) is 3.25. The van der Waals surface area contributed by atoms with Crippen LogP contribution < -0.4 is 9.47 Å². The van der Waals surface area contributed by atoms with Gasteiger partial charge in [0.05, 0.1) is 5.75 Å². The second kappa shape index (κ2) is 9.18. The Bertz CT molecular complexity index is 1260. The first-order valence-electron chi connectivity index (χ1n) is 12.0. The highest BCUT2D eigenvalue weighted by Crippen LogP contribution is 2.63. The average Bonchev–Trinajstić information content (AvgIpc) is 3.13. The van der Waals surface area contributed by atoms with Gasteiger partial charge >= 0.3 is 11.9 Å². The summed E-state index contributed by atoms with van der Waals surface area (Å²) >= 11 is 1.14. The SMILES string of the molecule is CC(=O)Oc1ccc2c3c1OC1C(OC(C)=O)C=CC4C(C2)N(S(=O)(=O)CCCSC(C)=O)CCC341. The molecule has 2 bridgehead atoms. The lowest BCUT2D eigenvalue weighted by Gasteiger charge is -2.56. The van der Waals surface area contributed by atoms with Crippen molar-refractivity contribution in [1.29, 1.82) is 0 Å². The Labute approximate surface area is 214 Å². The summed E-state index contributed by atoms with van der Waals surface area (Å²) in [7, 11) is -3.57. The first kappa shape index (κ1) is 25.3. The fourth-order valence-electron chi connectivity index (χ4n) is 6.44. The van der Waals surface area contributed by atoms with Crippen LogP contribution in [0.3, 0.4) is 0 Å². The molecule has 0 saturated carbocycles. The number of hydrogen-bond acceptors (Lipinski definition) is 9. The minimum Gasteiger partial charge on any atom is -0.481 e. The Balaban J connectivity index is 1.54. The van der Waals surface area contributed by atoms with Crippen molar-refractivity contribution in [2.45, 2.75) is 63.7 Å². The third kappa shape index (κ3) is 4.05. The largest absolute Gasteiger partial charge is 0.481 e. The summed E-state index contributed by atoms with van der Waals surface area (Å²) in [5.41, 5.74) is 1.28. The fourth-order valence-corrected chi connectivity index (χ4v) is 8.93. The van der Waals surface area contributed by atoms with Gasteiger partial charge < -0.3 is 14.2 Å². The maximum absolute atomic E-state index is 13.4. The first-order chi connectivity index (χ1) is 17.0. The number of rotatable bonds is 7. The molecule has 0 amide bonds. The highest BCUT2D eigenvalue weighted by atomic mass is 32.2. The van der Waals surface area contributed by atoms with Crippen molar-refractivity contribution in [2.24, 2.45) is 5.92 Å². The van der Waals surface area contributed by atoms with Crippen LogP contribution >= 0.6 is 11.8 Å². The van der Waals surface area contributed by atoms with Crippen LogP contribution in [0.5, 0.6) is 11.5 Å². The Morgan fingerprint density at radius 1 is 1.17 bits per heavy atom. The van der Waals surface area contributed by atoms with E-state index in [0.29, 0.717) is 43.1 Å². The van der Waals surface area contributed by atoms with Gasteiger partial charge in [0.15, 0.2) is 22.7 Å². The number of carbonyl (C=O) groups excluding carboxylic acids is 3. The number of sulfonamides is 1. The minimum atomic E-state index is -3.57. The van der Waals surface area contributed by atoms with E-state index in [0.717, 1.165) is 22.9 Å². The predicted molar refractivity (Wildman–Crippen MR) is 132 cm³/mol. The summed E-state index contributed by atoms with van der Waals surface area (Å²) in [6.07, 6.45) is 3.94. The van der Waals surface area contributed by atoms with Crippen LogP contribution in [-0.4, -0.2) is 66.1 Å². The van der Waals surface area contributed by atoms with Gasteiger partial charge in [-0.3, -0.25) is 14.4 Å². The van der Waals surface area contributed by atoms with Gasteiger partial charge in [-0.2, -0.15) is 4.31 Å². The predicted octanol–water partition coefficient (Wildman–Crippen LogP) is 2.36. The molecular formula is C25H29NO8S2. The number of nitrogens with zero attached hydrogens (tertiary/aromatic N) is 1. The van der Waals surface area contributed by atoms with Crippen LogP contribution in [0.1, 0.15) is 44.7 Å². The molecule has 5 atom stereocenters. The minimum absolute atomic E-state index is 0.0211. The van der Waals surface area contributed by atoms with E-state index in [1.807, 2.05) is 12.1 Å². The molecule has 2 heterocycles. The number of thioether (sulfide) groups is 1. The Morgan fingerprint density at radius 2 is 1.94 bits per heavy atom. The lowest BCUT2D eigenvalue weighted by molar-refractivity contribution is -0.151. The van der Waals surface area contributed by atoms with Gasteiger partial charge in [0.1, 0.15) is 6.10 Å². The molecule has 0 radical (unpaired) electrons. The Morgan fingerprint density at radius 3 is 2.64 bits per heavy atom. The molecule has 0 N–H and O–H groups in total.